The van der Waals surface area contributed by atoms with Gasteiger partial charge in [0.1, 0.15) is 11.8 Å². The number of amides is 3. The second-order valence-corrected chi connectivity index (χ2v) is 9.02. The lowest BCUT2D eigenvalue weighted by molar-refractivity contribution is -0.122. The Morgan fingerprint density at radius 3 is 2.37 bits per heavy atom. The number of benzene rings is 3. The standard InChI is InChI=1S/C30H32N2O6/c1-5-38-24-12-10-23(11-13-24)32-28(33)19-25(30(32)35)31(29(34)22-8-6-7-20(2)17-22)16-15-21-9-14-26(36-3)27(18-21)37-4/h6-14,17-18,25H,5,15-16,19H2,1-4H3. The highest BCUT2D eigenvalue weighted by atomic mass is 16.5. The van der Waals surface area contributed by atoms with E-state index in [4.69, 9.17) is 14.2 Å². The van der Waals surface area contributed by atoms with Crippen LogP contribution in [-0.2, 0) is 16.0 Å². The molecule has 0 aromatic heterocycles. The van der Waals surface area contributed by atoms with Gasteiger partial charge in [0.05, 0.1) is 32.9 Å². The molecule has 1 saturated heterocycles. The smallest absolute Gasteiger partial charge is 0.257 e. The molecule has 8 heteroatoms. The molecule has 0 saturated carbocycles. The van der Waals surface area contributed by atoms with Crippen molar-refractivity contribution in [1.29, 1.82) is 0 Å². The Bertz CT molecular complexity index is 1320. The summed E-state index contributed by atoms with van der Waals surface area (Å²) in [6.45, 7) is 4.54. The molecular formula is C30H32N2O6. The second kappa shape index (κ2) is 11.8. The average Bonchev–Trinajstić information content (AvgIpc) is 3.22. The zero-order chi connectivity index (χ0) is 27.2. The topological polar surface area (TPSA) is 85.4 Å². The van der Waals surface area contributed by atoms with Gasteiger partial charge in [-0.3, -0.25) is 14.4 Å². The summed E-state index contributed by atoms with van der Waals surface area (Å²) in [4.78, 5) is 43.1. The first kappa shape index (κ1) is 26.7. The van der Waals surface area contributed by atoms with Crippen molar-refractivity contribution in [3.05, 3.63) is 83.4 Å². The van der Waals surface area contributed by atoms with E-state index in [0.29, 0.717) is 41.5 Å². The molecule has 1 aliphatic heterocycles. The summed E-state index contributed by atoms with van der Waals surface area (Å²) >= 11 is 0. The van der Waals surface area contributed by atoms with Crippen molar-refractivity contribution in [2.75, 3.05) is 32.3 Å². The maximum absolute atomic E-state index is 13.7. The number of imide groups is 1. The lowest BCUT2D eigenvalue weighted by Gasteiger charge is -2.28. The van der Waals surface area contributed by atoms with E-state index in [1.165, 1.54) is 4.90 Å². The van der Waals surface area contributed by atoms with Gasteiger partial charge >= 0.3 is 0 Å². The van der Waals surface area contributed by atoms with Crippen LogP contribution in [-0.4, -0.2) is 56.0 Å². The number of ether oxygens (including phenoxy) is 3. The van der Waals surface area contributed by atoms with Gasteiger partial charge in [-0.2, -0.15) is 0 Å². The summed E-state index contributed by atoms with van der Waals surface area (Å²) in [5.41, 5.74) is 2.76. The molecular weight excluding hydrogens is 484 g/mol. The highest BCUT2D eigenvalue weighted by molar-refractivity contribution is 6.23. The Hall–Kier alpha value is -4.33. The lowest BCUT2D eigenvalue weighted by Crippen LogP contribution is -2.46. The predicted molar refractivity (Wildman–Crippen MR) is 144 cm³/mol. The van der Waals surface area contributed by atoms with Gasteiger partial charge in [0.15, 0.2) is 11.5 Å². The molecule has 1 fully saturated rings. The number of hydrogen-bond donors (Lipinski definition) is 0. The SMILES string of the molecule is CCOc1ccc(N2C(=O)CC(N(CCc3ccc(OC)c(OC)c3)C(=O)c3cccc(C)c3)C2=O)cc1. The van der Waals surface area contributed by atoms with Crippen LogP contribution < -0.4 is 19.1 Å². The predicted octanol–water partition coefficient (Wildman–Crippen LogP) is 4.43. The molecule has 1 atom stereocenters. The average molecular weight is 517 g/mol. The fraction of sp³-hybridized carbons (Fsp3) is 0.300. The number of hydrogen-bond acceptors (Lipinski definition) is 6. The molecule has 0 spiro atoms. The molecule has 3 aromatic carbocycles. The Labute approximate surface area is 222 Å². The highest BCUT2D eigenvalue weighted by Gasteiger charge is 2.44. The van der Waals surface area contributed by atoms with Crippen LogP contribution in [0.2, 0.25) is 0 Å². The zero-order valence-corrected chi connectivity index (χ0v) is 22.1. The van der Waals surface area contributed by atoms with Gasteiger partial charge in [-0.15, -0.1) is 0 Å². The van der Waals surface area contributed by atoms with E-state index in [1.807, 2.05) is 38.1 Å². The van der Waals surface area contributed by atoms with E-state index in [-0.39, 0.29) is 24.8 Å². The maximum Gasteiger partial charge on any atom is 0.257 e. The minimum absolute atomic E-state index is 0.0878. The van der Waals surface area contributed by atoms with E-state index in [9.17, 15) is 14.4 Å². The molecule has 1 heterocycles. The van der Waals surface area contributed by atoms with E-state index >= 15 is 0 Å². The summed E-state index contributed by atoms with van der Waals surface area (Å²) in [6, 6.07) is 18.7. The summed E-state index contributed by atoms with van der Waals surface area (Å²) in [5.74, 6) is 0.763. The largest absolute Gasteiger partial charge is 0.494 e. The van der Waals surface area contributed by atoms with E-state index < -0.39 is 11.9 Å². The van der Waals surface area contributed by atoms with Crippen LogP contribution in [0, 0.1) is 6.92 Å². The number of carbonyl (C=O) groups excluding carboxylic acids is 3. The lowest BCUT2D eigenvalue weighted by atomic mass is 10.1. The van der Waals surface area contributed by atoms with Crippen LogP contribution in [0.3, 0.4) is 0 Å². The third-order valence-corrected chi connectivity index (χ3v) is 6.52. The molecule has 0 aliphatic carbocycles. The Morgan fingerprint density at radius 1 is 0.974 bits per heavy atom. The number of rotatable bonds is 10. The minimum atomic E-state index is -0.915. The molecule has 0 N–H and O–H groups in total. The molecule has 3 amide bonds. The highest BCUT2D eigenvalue weighted by Crippen LogP contribution is 2.30. The number of carbonyl (C=O) groups is 3. The van der Waals surface area contributed by atoms with Gasteiger partial charge < -0.3 is 19.1 Å². The summed E-state index contributed by atoms with van der Waals surface area (Å²) in [5, 5.41) is 0. The molecule has 8 nitrogen and oxygen atoms in total. The van der Waals surface area contributed by atoms with Gasteiger partial charge in [-0.25, -0.2) is 4.90 Å². The van der Waals surface area contributed by atoms with Crippen LogP contribution in [0.1, 0.15) is 34.8 Å². The first-order chi connectivity index (χ1) is 18.4. The molecule has 4 rings (SSSR count). The van der Waals surface area contributed by atoms with Crippen LogP contribution in [0.4, 0.5) is 5.69 Å². The second-order valence-electron chi connectivity index (χ2n) is 9.02. The van der Waals surface area contributed by atoms with Gasteiger partial charge in [-0.1, -0.05) is 23.8 Å². The van der Waals surface area contributed by atoms with E-state index in [0.717, 1.165) is 16.0 Å². The quantitative estimate of drug-likeness (QED) is 0.371. The van der Waals surface area contributed by atoms with Crippen molar-refractivity contribution >= 4 is 23.4 Å². The van der Waals surface area contributed by atoms with Crippen molar-refractivity contribution in [1.82, 2.24) is 4.90 Å². The minimum Gasteiger partial charge on any atom is -0.494 e. The number of nitrogens with zero attached hydrogens (tertiary/aromatic N) is 2. The maximum atomic E-state index is 13.7. The Balaban J connectivity index is 1.62. The number of methoxy groups -OCH3 is 2. The third kappa shape index (κ3) is 5.64. The summed E-state index contributed by atoms with van der Waals surface area (Å²) < 4.78 is 16.2. The van der Waals surface area contributed by atoms with E-state index in [2.05, 4.69) is 0 Å². The molecule has 1 unspecified atom stereocenters. The first-order valence-electron chi connectivity index (χ1n) is 12.5. The van der Waals surface area contributed by atoms with Crippen LogP contribution in [0.15, 0.2) is 66.7 Å². The van der Waals surface area contributed by atoms with Crippen molar-refractivity contribution in [2.24, 2.45) is 0 Å². The van der Waals surface area contributed by atoms with Crippen molar-refractivity contribution in [3.8, 4) is 17.2 Å². The Kier molecular flexibility index (Phi) is 8.31. The van der Waals surface area contributed by atoms with Crippen LogP contribution >= 0.6 is 0 Å². The zero-order valence-electron chi connectivity index (χ0n) is 22.1. The normalized spacial score (nSPS) is 14.9. The van der Waals surface area contributed by atoms with Crippen LogP contribution in [0.5, 0.6) is 17.2 Å². The molecule has 0 radical (unpaired) electrons. The van der Waals surface area contributed by atoms with Gasteiger partial charge in [0.2, 0.25) is 5.91 Å². The third-order valence-electron chi connectivity index (χ3n) is 6.52. The van der Waals surface area contributed by atoms with Crippen molar-refractivity contribution < 1.29 is 28.6 Å². The molecule has 1 aliphatic rings. The van der Waals surface area contributed by atoms with Gasteiger partial charge in [0, 0.05) is 12.1 Å². The molecule has 198 valence electrons. The van der Waals surface area contributed by atoms with E-state index in [1.54, 1.807) is 56.7 Å². The Morgan fingerprint density at radius 2 is 1.71 bits per heavy atom. The monoisotopic (exact) mass is 516 g/mol. The molecule has 3 aromatic rings. The fourth-order valence-electron chi connectivity index (χ4n) is 4.62. The number of anilines is 1. The van der Waals surface area contributed by atoms with Gasteiger partial charge in [0.25, 0.3) is 11.8 Å². The first-order valence-corrected chi connectivity index (χ1v) is 12.5. The fourth-order valence-corrected chi connectivity index (χ4v) is 4.62. The number of aryl methyl sites for hydroxylation is 1. The molecule has 38 heavy (non-hydrogen) atoms. The van der Waals surface area contributed by atoms with Crippen molar-refractivity contribution in [3.63, 3.8) is 0 Å². The summed E-state index contributed by atoms with van der Waals surface area (Å²) in [6.07, 6.45) is 0.370. The van der Waals surface area contributed by atoms with Gasteiger partial charge in [-0.05, 0) is 74.4 Å². The van der Waals surface area contributed by atoms with Crippen LogP contribution in [0.25, 0.3) is 0 Å². The molecule has 0 bridgehead atoms. The summed E-state index contributed by atoms with van der Waals surface area (Å²) in [7, 11) is 3.13. The van der Waals surface area contributed by atoms with Crippen molar-refractivity contribution in [2.45, 2.75) is 32.7 Å².